The van der Waals surface area contributed by atoms with Crippen molar-refractivity contribution in [2.24, 2.45) is 11.3 Å². The van der Waals surface area contributed by atoms with Crippen molar-refractivity contribution in [3.8, 4) is 0 Å². The van der Waals surface area contributed by atoms with E-state index in [0.29, 0.717) is 12.0 Å². The van der Waals surface area contributed by atoms with Crippen LogP contribution in [-0.4, -0.2) is 45.6 Å². The summed E-state index contributed by atoms with van der Waals surface area (Å²) in [5, 5.41) is 25.1. The van der Waals surface area contributed by atoms with E-state index in [9.17, 15) is 14.4 Å². The Hall–Kier alpha value is -3.65. The van der Waals surface area contributed by atoms with Gasteiger partial charge in [0.05, 0.1) is 11.1 Å². The number of aromatic carboxylic acids is 2. The molecule has 0 radical (unpaired) electrons. The number of carbonyl (C=O) groups excluding carboxylic acids is 1. The summed E-state index contributed by atoms with van der Waals surface area (Å²) < 4.78 is 0. The third-order valence-electron chi connectivity index (χ3n) is 6.33. The fourth-order valence-corrected chi connectivity index (χ4v) is 4.25. The minimum Gasteiger partial charge on any atom is -0.478 e. The first-order chi connectivity index (χ1) is 17.4. The van der Waals surface area contributed by atoms with Gasteiger partial charge in [-0.25, -0.2) is 9.59 Å². The predicted molar refractivity (Wildman–Crippen MR) is 145 cm³/mol. The maximum atomic E-state index is 12.3. The molecule has 5 N–H and O–H groups in total. The predicted octanol–water partition coefficient (Wildman–Crippen LogP) is 5.34. The van der Waals surface area contributed by atoms with E-state index in [2.05, 4.69) is 41.6 Å². The van der Waals surface area contributed by atoms with E-state index in [-0.39, 0.29) is 17.0 Å². The third kappa shape index (κ3) is 7.20. The topological polar surface area (TPSA) is 132 Å². The number of carboxylic acids is 2. The lowest BCUT2D eigenvalue weighted by Gasteiger charge is -2.24. The number of hydrogen-bond donors (Lipinski definition) is 5. The van der Waals surface area contributed by atoms with Crippen molar-refractivity contribution in [3.63, 3.8) is 0 Å². The van der Waals surface area contributed by atoms with Gasteiger partial charge in [0.25, 0.3) is 0 Å². The Morgan fingerprint density at radius 3 is 2.19 bits per heavy atom. The molecular formula is C29H37N3O5. The molecule has 3 aromatic rings. The van der Waals surface area contributed by atoms with Gasteiger partial charge >= 0.3 is 11.9 Å². The van der Waals surface area contributed by atoms with Gasteiger partial charge in [-0.1, -0.05) is 46.8 Å². The van der Waals surface area contributed by atoms with Gasteiger partial charge in [0.1, 0.15) is 0 Å². The molecule has 1 unspecified atom stereocenters. The number of carboxylic acid groups (broad SMARTS) is 2. The van der Waals surface area contributed by atoms with Crippen LogP contribution in [0.5, 0.6) is 0 Å². The number of aromatic amines is 1. The van der Waals surface area contributed by atoms with Crippen LogP contribution in [0.2, 0.25) is 0 Å². The number of aromatic nitrogens is 1. The number of benzene rings is 2. The molecule has 1 heterocycles. The molecule has 0 spiro atoms. The molecule has 1 aromatic heterocycles. The van der Waals surface area contributed by atoms with Crippen molar-refractivity contribution in [2.75, 3.05) is 11.9 Å². The molecule has 198 valence electrons. The highest BCUT2D eigenvalue weighted by Crippen LogP contribution is 2.31. The molecule has 0 fully saturated rings. The maximum Gasteiger partial charge on any atom is 0.336 e. The van der Waals surface area contributed by atoms with Crippen LogP contribution in [0.25, 0.3) is 10.9 Å². The number of hydrogen-bond acceptors (Lipinski definition) is 4. The Labute approximate surface area is 217 Å². The number of rotatable bonds is 6. The second-order valence-electron chi connectivity index (χ2n) is 10.9. The number of anilines is 1. The van der Waals surface area contributed by atoms with Crippen molar-refractivity contribution >= 4 is 34.4 Å². The summed E-state index contributed by atoms with van der Waals surface area (Å²) >= 11 is 0. The maximum absolute atomic E-state index is 12.3. The molecule has 0 bridgehead atoms. The summed E-state index contributed by atoms with van der Waals surface area (Å²) in [5.41, 5.74) is 4.05. The highest BCUT2D eigenvalue weighted by molar-refractivity contribution is 6.01. The summed E-state index contributed by atoms with van der Waals surface area (Å²) in [7, 11) is 0. The van der Waals surface area contributed by atoms with Gasteiger partial charge in [0, 0.05) is 33.7 Å². The zero-order valence-corrected chi connectivity index (χ0v) is 22.1. The molecule has 0 aliphatic heterocycles. The van der Waals surface area contributed by atoms with Crippen LogP contribution in [0.1, 0.15) is 73.0 Å². The molecule has 0 saturated carbocycles. The van der Waals surface area contributed by atoms with Gasteiger partial charge in [-0.3, -0.25) is 4.79 Å². The summed E-state index contributed by atoms with van der Waals surface area (Å²) in [6, 6.07) is 12.2. The second-order valence-corrected chi connectivity index (χ2v) is 10.9. The summed E-state index contributed by atoms with van der Waals surface area (Å²) in [6.45, 7) is 11.4. The average Bonchev–Trinajstić information content (AvgIpc) is 3.19. The van der Waals surface area contributed by atoms with Crippen LogP contribution in [-0.2, 0) is 17.6 Å². The molecule has 1 aliphatic rings. The number of nitrogens with one attached hydrogen (secondary N) is 3. The molecule has 8 nitrogen and oxygen atoms in total. The number of H-pyrrole nitrogens is 1. The number of amides is 1. The Kier molecular flexibility index (Phi) is 8.76. The first kappa shape index (κ1) is 27.9. The Morgan fingerprint density at radius 2 is 1.65 bits per heavy atom. The molecule has 0 saturated heterocycles. The lowest BCUT2D eigenvalue weighted by molar-refractivity contribution is -0.123. The van der Waals surface area contributed by atoms with Crippen LogP contribution >= 0.6 is 0 Å². The van der Waals surface area contributed by atoms with E-state index in [0.717, 1.165) is 25.1 Å². The van der Waals surface area contributed by atoms with Gasteiger partial charge in [0.2, 0.25) is 5.91 Å². The molecule has 1 amide bonds. The van der Waals surface area contributed by atoms with E-state index in [4.69, 9.17) is 10.2 Å². The van der Waals surface area contributed by atoms with Crippen molar-refractivity contribution in [1.29, 1.82) is 0 Å². The summed E-state index contributed by atoms with van der Waals surface area (Å²) in [6.07, 6.45) is 3.32. The van der Waals surface area contributed by atoms with Crippen LogP contribution in [0.3, 0.4) is 0 Å². The van der Waals surface area contributed by atoms with E-state index < -0.39 is 17.4 Å². The summed E-state index contributed by atoms with van der Waals surface area (Å²) in [5.74, 6) is -1.74. The van der Waals surface area contributed by atoms with Gasteiger partial charge in [-0.2, -0.15) is 0 Å². The smallest absolute Gasteiger partial charge is 0.336 e. The van der Waals surface area contributed by atoms with E-state index in [1.807, 2.05) is 26.8 Å². The van der Waals surface area contributed by atoms with Crippen LogP contribution in [0, 0.1) is 11.3 Å². The molecule has 37 heavy (non-hydrogen) atoms. The molecule has 1 atom stereocenters. The molecule has 2 aromatic carbocycles. The quantitative estimate of drug-likeness (QED) is 0.306. The fraction of sp³-hybridized carbons (Fsp3) is 0.414. The standard InChI is InChI=1S/C21H31N3O.C8H6O4/c1-13(2)12-22-14-6-8-18-16(10-14)17-11-15(7-9-19(17)24-18)23-20(25)21(3,4)5;9-7(10)5-3-1-2-4-6(5)8(11)12/h7,9,11,13-14,22,24H,6,8,10,12H2,1-5H3,(H,23,25);1-4H,(H,9,10)(H,11,12). The number of fused-ring (bicyclic) bond motifs is 3. The fourth-order valence-electron chi connectivity index (χ4n) is 4.25. The first-order valence-corrected chi connectivity index (χ1v) is 12.6. The Morgan fingerprint density at radius 1 is 1.03 bits per heavy atom. The van der Waals surface area contributed by atoms with Crippen LogP contribution in [0.4, 0.5) is 5.69 Å². The zero-order valence-electron chi connectivity index (χ0n) is 22.1. The van der Waals surface area contributed by atoms with E-state index >= 15 is 0 Å². The lowest BCUT2D eigenvalue weighted by atomic mass is 9.91. The monoisotopic (exact) mass is 507 g/mol. The zero-order chi connectivity index (χ0) is 27.3. The van der Waals surface area contributed by atoms with Crippen LogP contribution in [0.15, 0.2) is 42.5 Å². The largest absolute Gasteiger partial charge is 0.478 e. The lowest BCUT2D eigenvalue weighted by Crippen LogP contribution is -2.36. The number of aryl methyl sites for hydroxylation is 1. The van der Waals surface area contributed by atoms with Crippen molar-refractivity contribution in [2.45, 2.75) is 59.9 Å². The first-order valence-electron chi connectivity index (χ1n) is 12.6. The van der Waals surface area contributed by atoms with Gasteiger partial charge in [-0.05, 0) is 67.6 Å². The normalized spacial score (nSPS) is 15.0. The van der Waals surface area contributed by atoms with Crippen molar-refractivity contribution < 1.29 is 24.6 Å². The Balaban J connectivity index is 0.000000266. The van der Waals surface area contributed by atoms with E-state index in [1.54, 1.807) is 0 Å². The number of carbonyl (C=O) groups is 3. The van der Waals surface area contributed by atoms with Gasteiger partial charge in [0.15, 0.2) is 0 Å². The SMILES string of the molecule is CC(C)CNC1CCc2[nH]c3ccc(NC(=O)C(C)(C)C)cc3c2C1.O=C(O)c1ccccc1C(=O)O. The van der Waals surface area contributed by atoms with Crippen LogP contribution < -0.4 is 10.6 Å². The average molecular weight is 508 g/mol. The highest BCUT2D eigenvalue weighted by atomic mass is 16.4. The molecule has 1 aliphatic carbocycles. The molecular weight excluding hydrogens is 470 g/mol. The summed E-state index contributed by atoms with van der Waals surface area (Å²) in [4.78, 5) is 36.8. The second kappa shape index (κ2) is 11.6. The highest BCUT2D eigenvalue weighted by Gasteiger charge is 2.24. The Bertz CT molecular complexity index is 1250. The third-order valence-corrected chi connectivity index (χ3v) is 6.33. The minimum atomic E-state index is -1.23. The van der Waals surface area contributed by atoms with Crippen molar-refractivity contribution in [3.05, 3.63) is 64.8 Å². The van der Waals surface area contributed by atoms with Gasteiger partial charge < -0.3 is 25.8 Å². The van der Waals surface area contributed by atoms with Gasteiger partial charge in [-0.15, -0.1) is 0 Å². The molecule has 8 heteroatoms. The molecule has 4 rings (SSSR count). The van der Waals surface area contributed by atoms with E-state index in [1.165, 1.54) is 52.8 Å². The van der Waals surface area contributed by atoms with Crippen molar-refractivity contribution in [1.82, 2.24) is 10.3 Å². The minimum absolute atomic E-state index is 0.0488.